The van der Waals surface area contributed by atoms with Crippen molar-refractivity contribution in [3.8, 4) is 11.5 Å². The highest BCUT2D eigenvalue weighted by atomic mass is 79.9. The number of hydrazone groups is 1. The SMILES string of the molecule is COc1cc(Br)c(/C=N/NC(=O)C2CCCN2S(=O)(=O)c2ccc(Cl)cc2)cc1OC. The molecule has 1 heterocycles. The topological polar surface area (TPSA) is 97.3 Å². The van der Waals surface area contributed by atoms with Crippen LogP contribution in [0.5, 0.6) is 11.5 Å². The van der Waals surface area contributed by atoms with Gasteiger partial charge in [0, 0.05) is 21.6 Å². The predicted octanol–water partition coefficient (Wildman–Crippen LogP) is 3.42. The molecule has 3 rings (SSSR count). The molecule has 0 radical (unpaired) electrons. The smallest absolute Gasteiger partial charge is 0.258 e. The van der Waals surface area contributed by atoms with Gasteiger partial charge in [0.05, 0.1) is 25.3 Å². The summed E-state index contributed by atoms with van der Waals surface area (Å²) >= 11 is 9.26. The van der Waals surface area contributed by atoms with Gasteiger partial charge >= 0.3 is 0 Å². The number of benzene rings is 2. The maximum Gasteiger partial charge on any atom is 0.258 e. The zero-order valence-electron chi connectivity index (χ0n) is 16.8. The van der Waals surface area contributed by atoms with Gasteiger partial charge in [-0.05, 0) is 65.2 Å². The Labute approximate surface area is 194 Å². The molecule has 1 atom stereocenters. The number of carbonyl (C=O) groups excluding carboxylic acids is 1. The normalized spacial score (nSPS) is 17.1. The Bertz CT molecular complexity index is 1090. The summed E-state index contributed by atoms with van der Waals surface area (Å²) in [5.74, 6) is 0.557. The number of amides is 1. The van der Waals surface area contributed by atoms with E-state index in [9.17, 15) is 13.2 Å². The van der Waals surface area contributed by atoms with Crippen LogP contribution in [0.1, 0.15) is 18.4 Å². The molecule has 0 saturated carbocycles. The van der Waals surface area contributed by atoms with Crippen molar-refractivity contribution >= 4 is 49.7 Å². The van der Waals surface area contributed by atoms with Crippen molar-refractivity contribution in [3.05, 3.63) is 51.5 Å². The highest BCUT2D eigenvalue weighted by molar-refractivity contribution is 9.10. The fraction of sp³-hybridized carbons (Fsp3) is 0.300. The summed E-state index contributed by atoms with van der Waals surface area (Å²) < 4.78 is 38.3. The van der Waals surface area contributed by atoms with Crippen LogP contribution in [0.25, 0.3) is 0 Å². The molecule has 11 heteroatoms. The molecule has 2 aromatic carbocycles. The first-order chi connectivity index (χ1) is 14.8. The van der Waals surface area contributed by atoms with E-state index in [0.29, 0.717) is 39.4 Å². The number of ether oxygens (including phenoxy) is 2. The van der Waals surface area contributed by atoms with Gasteiger partial charge in [-0.1, -0.05) is 11.6 Å². The van der Waals surface area contributed by atoms with Gasteiger partial charge in [-0.15, -0.1) is 0 Å². The molecule has 1 unspecified atom stereocenters. The Hall–Kier alpha value is -2.14. The molecule has 0 spiro atoms. The minimum Gasteiger partial charge on any atom is -0.493 e. The van der Waals surface area contributed by atoms with Gasteiger partial charge in [-0.2, -0.15) is 9.41 Å². The molecule has 1 saturated heterocycles. The summed E-state index contributed by atoms with van der Waals surface area (Å²) in [6.07, 6.45) is 2.43. The van der Waals surface area contributed by atoms with Crippen molar-refractivity contribution in [1.29, 1.82) is 0 Å². The molecule has 2 aromatic rings. The Morgan fingerprint density at radius 1 is 1.23 bits per heavy atom. The Morgan fingerprint density at radius 2 is 1.87 bits per heavy atom. The van der Waals surface area contributed by atoms with Gasteiger partial charge in [0.1, 0.15) is 6.04 Å². The maximum absolute atomic E-state index is 13.0. The summed E-state index contributed by atoms with van der Waals surface area (Å²) in [5.41, 5.74) is 3.09. The second-order valence-electron chi connectivity index (χ2n) is 6.69. The van der Waals surface area contributed by atoms with Crippen LogP contribution < -0.4 is 14.9 Å². The first-order valence-electron chi connectivity index (χ1n) is 9.29. The largest absolute Gasteiger partial charge is 0.493 e. The summed E-state index contributed by atoms with van der Waals surface area (Å²) in [7, 11) is -0.777. The zero-order valence-corrected chi connectivity index (χ0v) is 20.0. The quantitative estimate of drug-likeness (QED) is 0.437. The number of methoxy groups -OCH3 is 2. The van der Waals surface area contributed by atoms with E-state index >= 15 is 0 Å². The summed E-state index contributed by atoms with van der Waals surface area (Å²) in [4.78, 5) is 12.8. The third-order valence-electron chi connectivity index (χ3n) is 4.81. The number of nitrogens with zero attached hydrogens (tertiary/aromatic N) is 2. The first kappa shape index (κ1) is 23.5. The van der Waals surface area contributed by atoms with Crippen molar-refractivity contribution in [3.63, 3.8) is 0 Å². The van der Waals surface area contributed by atoms with Gasteiger partial charge < -0.3 is 9.47 Å². The lowest BCUT2D eigenvalue weighted by Crippen LogP contribution is -2.44. The van der Waals surface area contributed by atoms with Gasteiger partial charge in [-0.25, -0.2) is 13.8 Å². The number of rotatable bonds is 7. The van der Waals surface area contributed by atoms with E-state index in [1.165, 1.54) is 49.0 Å². The van der Waals surface area contributed by atoms with Crippen LogP contribution in [-0.2, 0) is 14.8 Å². The Balaban J connectivity index is 1.73. The van der Waals surface area contributed by atoms with Gasteiger partial charge in [-0.3, -0.25) is 4.79 Å². The number of nitrogens with one attached hydrogen (secondary N) is 1. The molecule has 1 N–H and O–H groups in total. The molecule has 0 aromatic heterocycles. The number of carbonyl (C=O) groups is 1. The number of hydrogen-bond acceptors (Lipinski definition) is 6. The van der Waals surface area contributed by atoms with Crippen LogP contribution in [0, 0.1) is 0 Å². The molecular formula is C20H21BrClN3O5S. The summed E-state index contributed by atoms with van der Waals surface area (Å²) in [6, 6.07) is 8.45. The molecule has 0 bridgehead atoms. The van der Waals surface area contributed by atoms with Gasteiger partial charge in [0.15, 0.2) is 11.5 Å². The first-order valence-corrected chi connectivity index (χ1v) is 11.9. The minimum atomic E-state index is -3.83. The molecule has 1 aliphatic heterocycles. The van der Waals surface area contributed by atoms with E-state index in [4.69, 9.17) is 21.1 Å². The van der Waals surface area contributed by atoms with Crippen LogP contribution in [0.4, 0.5) is 0 Å². The molecular weight excluding hydrogens is 510 g/mol. The third-order valence-corrected chi connectivity index (χ3v) is 7.67. The van der Waals surface area contributed by atoms with E-state index in [1.54, 1.807) is 12.1 Å². The van der Waals surface area contributed by atoms with Crippen molar-refractivity contribution in [1.82, 2.24) is 9.73 Å². The highest BCUT2D eigenvalue weighted by Crippen LogP contribution is 2.32. The fourth-order valence-corrected chi connectivity index (χ4v) is 5.45. The second kappa shape index (κ2) is 9.99. The van der Waals surface area contributed by atoms with E-state index < -0.39 is 22.0 Å². The second-order valence-corrected chi connectivity index (χ2v) is 9.87. The van der Waals surface area contributed by atoms with E-state index in [1.807, 2.05) is 0 Å². The van der Waals surface area contributed by atoms with Crippen molar-refractivity contribution in [2.75, 3.05) is 20.8 Å². The fourth-order valence-electron chi connectivity index (χ4n) is 3.24. The lowest BCUT2D eigenvalue weighted by Gasteiger charge is -2.22. The lowest BCUT2D eigenvalue weighted by molar-refractivity contribution is -0.124. The van der Waals surface area contributed by atoms with Crippen molar-refractivity contribution in [2.45, 2.75) is 23.8 Å². The monoisotopic (exact) mass is 529 g/mol. The van der Waals surface area contributed by atoms with Crippen LogP contribution >= 0.6 is 27.5 Å². The standard InChI is InChI=1S/C20H21BrClN3O5S/c1-29-18-10-13(16(21)11-19(18)30-2)12-23-24-20(26)17-4-3-9-25(17)31(27,28)15-7-5-14(22)6-8-15/h5-8,10-12,17H,3-4,9H2,1-2H3,(H,24,26)/b23-12+. The van der Waals surface area contributed by atoms with E-state index in [0.717, 1.165) is 0 Å². The third kappa shape index (κ3) is 5.20. The molecule has 1 aliphatic rings. The number of hydrogen-bond donors (Lipinski definition) is 1. The van der Waals surface area contributed by atoms with Gasteiger partial charge in [0.25, 0.3) is 5.91 Å². The molecule has 8 nitrogen and oxygen atoms in total. The molecule has 0 aliphatic carbocycles. The lowest BCUT2D eigenvalue weighted by atomic mass is 10.2. The predicted molar refractivity (Wildman–Crippen MR) is 121 cm³/mol. The van der Waals surface area contributed by atoms with Crippen LogP contribution in [0.15, 0.2) is 50.9 Å². The molecule has 31 heavy (non-hydrogen) atoms. The highest BCUT2D eigenvalue weighted by Gasteiger charge is 2.39. The average Bonchev–Trinajstić information content (AvgIpc) is 3.26. The van der Waals surface area contributed by atoms with Crippen LogP contribution in [-0.4, -0.2) is 51.7 Å². The number of sulfonamides is 1. The Morgan fingerprint density at radius 3 is 2.52 bits per heavy atom. The summed E-state index contributed by atoms with van der Waals surface area (Å²) in [5, 5.41) is 4.42. The van der Waals surface area contributed by atoms with Crippen LogP contribution in [0.2, 0.25) is 5.02 Å². The number of halogens is 2. The van der Waals surface area contributed by atoms with Crippen molar-refractivity contribution in [2.24, 2.45) is 5.10 Å². The molecule has 1 amide bonds. The summed E-state index contributed by atoms with van der Waals surface area (Å²) in [6.45, 7) is 0.258. The van der Waals surface area contributed by atoms with E-state index in [-0.39, 0.29) is 11.4 Å². The maximum atomic E-state index is 13.0. The average molecular weight is 531 g/mol. The van der Waals surface area contributed by atoms with E-state index in [2.05, 4.69) is 26.5 Å². The Kier molecular flexibility index (Phi) is 7.58. The van der Waals surface area contributed by atoms with Gasteiger partial charge in [0.2, 0.25) is 10.0 Å². The molecule has 1 fully saturated rings. The zero-order chi connectivity index (χ0) is 22.6. The van der Waals surface area contributed by atoms with Crippen molar-refractivity contribution < 1.29 is 22.7 Å². The molecule has 166 valence electrons. The van der Waals surface area contributed by atoms with Crippen LogP contribution in [0.3, 0.4) is 0 Å². The minimum absolute atomic E-state index is 0.0920.